The van der Waals surface area contributed by atoms with E-state index in [1.165, 1.54) is 17.3 Å². The molecule has 1 aliphatic heterocycles. The number of rotatable bonds is 6. The van der Waals surface area contributed by atoms with Crippen molar-refractivity contribution in [2.75, 3.05) is 31.5 Å². The van der Waals surface area contributed by atoms with Crippen molar-refractivity contribution in [2.45, 2.75) is 6.04 Å². The maximum Gasteiger partial charge on any atom is 0.266 e. The molecule has 7 heteroatoms. The van der Waals surface area contributed by atoms with Crippen LogP contribution < -0.4 is 5.32 Å². The number of piperazine rings is 1. The van der Waals surface area contributed by atoms with Crippen LogP contribution in [0.2, 0.25) is 10.0 Å². The number of carbonyl (C=O) groups is 1. The number of benzene rings is 3. The highest BCUT2D eigenvalue weighted by Crippen LogP contribution is 2.29. The van der Waals surface area contributed by atoms with E-state index < -0.39 is 0 Å². The third-order valence-corrected chi connectivity index (χ3v) is 6.23. The van der Waals surface area contributed by atoms with E-state index in [1.54, 1.807) is 23.1 Å². The number of amides is 1. The molecule has 0 aromatic heterocycles. The first-order valence-electron chi connectivity index (χ1n) is 11.0. The van der Waals surface area contributed by atoms with E-state index in [2.05, 4.69) is 58.7 Å². The molecule has 0 atom stereocenters. The number of nitrogens with zero attached hydrogens (tertiary/aromatic N) is 3. The Bertz CT molecular complexity index is 1140. The quantitative estimate of drug-likeness (QED) is 0.353. The molecule has 1 saturated heterocycles. The van der Waals surface area contributed by atoms with Crippen LogP contribution in [-0.2, 0) is 4.79 Å². The predicted molar refractivity (Wildman–Crippen MR) is 137 cm³/mol. The summed E-state index contributed by atoms with van der Waals surface area (Å²) >= 11 is 12.0. The zero-order valence-corrected chi connectivity index (χ0v) is 20.0. The van der Waals surface area contributed by atoms with Gasteiger partial charge >= 0.3 is 0 Å². The predicted octanol–water partition coefficient (Wildman–Crippen LogP) is 5.75. The SMILES string of the molecule is N#C/C(=C/Nc1cc(Cl)cc(Cl)c1)C(=O)N1CCN(C(c2ccccc2)c2ccccc2)CC1. The summed E-state index contributed by atoms with van der Waals surface area (Å²) in [6.45, 7) is 2.49. The molecule has 0 saturated carbocycles. The van der Waals surface area contributed by atoms with E-state index in [0.29, 0.717) is 41.9 Å². The summed E-state index contributed by atoms with van der Waals surface area (Å²) in [6, 6.07) is 27.9. The lowest BCUT2D eigenvalue weighted by Crippen LogP contribution is -2.50. The van der Waals surface area contributed by atoms with Gasteiger partial charge in [-0.1, -0.05) is 83.9 Å². The fraction of sp³-hybridized carbons (Fsp3) is 0.185. The molecular formula is C27H24Cl2N4O. The van der Waals surface area contributed by atoms with Crippen LogP contribution >= 0.6 is 23.2 Å². The Labute approximate surface area is 209 Å². The maximum absolute atomic E-state index is 13.0. The molecule has 1 amide bonds. The van der Waals surface area contributed by atoms with Crippen LogP contribution in [0.3, 0.4) is 0 Å². The number of nitrogens with one attached hydrogen (secondary N) is 1. The second-order valence-corrected chi connectivity index (χ2v) is 8.90. The number of hydrogen-bond donors (Lipinski definition) is 1. The van der Waals surface area contributed by atoms with Gasteiger partial charge in [0.05, 0.1) is 6.04 Å². The van der Waals surface area contributed by atoms with Crippen LogP contribution in [0.4, 0.5) is 5.69 Å². The second-order valence-electron chi connectivity index (χ2n) is 8.02. The average Bonchev–Trinajstić information content (AvgIpc) is 2.86. The van der Waals surface area contributed by atoms with Crippen molar-refractivity contribution in [3.63, 3.8) is 0 Å². The molecule has 0 aliphatic carbocycles. The lowest BCUT2D eigenvalue weighted by atomic mass is 9.96. The van der Waals surface area contributed by atoms with E-state index in [1.807, 2.05) is 18.2 Å². The number of carbonyl (C=O) groups excluding carboxylic acids is 1. The summed E-state index contributed by atoms with van der Waals surface area (Å²) in [4.78, 5) is 17.1. The standard InChI is InChI=1S/C27H24Cl2N4O/c28-23-15-24(29)17-25(16-23)31-19-22(18-30)27(34)33-13-11-32(12-14-33)26(20-7-3-1-4-8-20)21-9-5-2-6-10-21/h1-10,15-17,19,26,31H,11-14H2/b22-19-. The molecule has 3 aromatic rings. The molecule has 172 valence electrons. The van der Waals surface area contributed by atoms with Gasteiger partial charge in [-0.25, -0.2) is 0 Å². The Kier molecular flexibility index (Phi) is 7.87. The summed E-state index contributed by atoms with van der Waals surface area (Å²) in [7, 11) is 0. The van der Waals surface area contributed by atoms with Crippen molar-refractivity contribution < 1.29 is 4.79 Å². The summed E-state index contributed by atoms with van der Waals surface area (Å²) < 4.78 is 0. The first-order valence-corrected chi connectivity index (χ1v) is 11.8. The van der Waals surface area contributed by atoms with Gasteiger partial charge in [0.2, 0.25) is 0 Å². The second kappa shape index (κ2) is 11.2. The third kappa shape index (κ3) is 5.78. The summed E-state index contributed by atoms with van der Waals surface area (Å²) in [5.41, 5.74) is 3.08. The topological polar surface area (TPSA) is 59.4 Å². The molecular weight excluding hydrogens is 467 g/mol. The highest BCUT2D eigenvalue weighted by Gasteiger charge is 2.29. The molecule has 0 spiro atoms. The zero-order valence-electron chi connectivity index (χ0n) is 18.5. The Balaban J connectivity index is 1.45. The lowest BCUT2D eigenvalue weighted by molar-refractivity contribution is -0.128. The fourth-order valence-corrected chi connectivity index (χ4v) is 4.70. The van der Waals surface area contributed by atoms with Gasteiger partial charge < -0.3 is 10.2 Å². The van der Waals surface area contributed by atoms with Crippen LogP contribution in [0.5, 0.6) is 0 Å². The van der Waals surface area contributed by atoms with Gasteiger partial charge in [0.15, 0.2) is 0 Å². The minimum Gasteiger partial charge on any atom is -0.360 e. The molecule has 1 N–H and O–H groups in total. The van der Waals surface area contributed by atoms with Gasteiger partial charge in [-0.2, -0.15) is 5.26 Å². The van der Waals surface area contributed by atoms with Crippen LogP contribution in [0, 0.1) is 11.3 Å². The summed E-state index contributed by atoms with van der Waals surface area (Å²) in [6.07, 6.45) is 1.41. The number of nitriles is 1. The normalized spacial score (nSPS) is 14.6. The van der Waals surface area contributed by atoms with Crippen molar-refractivity contribution in [1.82, 2.24) is 9.80 Å². The minimum absolute atomic E-state index is 0.0345. The van der Waals surface area contributed by atoms with Crippen molar-refractivity contribution in [2.24, 2.45) is 0 Å². The summed E-state index contributed by atoms with van der Waals surface area (Å²) in [5.74, 6) is -0.293. The van der Waals surface area contributed by atoms with Crippen molar-refractivity contribution >= 4 is 34.8 Å². The molecule has 0 unspecified atom stereocenters. The first kappa shape index (κ1) is 23.8. The molecule has 5 nitrogen and oxygen atoms in total. The monoisotopic (exact) mass is 490 g/mol. The van der Waals surface area contributed by atoms with Gasteiger partial charge in [0, 0.05) is 48.1 Å². The van der Waals surface area contributed by atoms with Gasteiger partial charge in [0.1, 0.15) is 11.6 Å². The van der Waals surface area contributed by atoms with Crippen LogP contribution in [0.15, 0.2) is 90.6 Å². The molecule has 0 radical (unpaired) electrons. The summed E-state index contributed by atoms with van der Waals surface area (Å²) in [5, 5.41) is 13.5. The highest BCUT2D eigenvalue weighted by atomic mass is 35.5. The van der Waals surface area contributed by atoms with Crippen molar-refractivity contribution in [3.05, 3.63) is 112 Å². The molecule has 4 rings (SSSR count). The molecule has 3 aromatic carbocycles. The van der Waals surface area contributed by atoms with Gasteiger partial charge in [-0.3, -0.25) is 9.69 Å². The van der Waals surface area contributed by atoms with Gasteiger partial charge in [-0.05, 0) is 29.3 Å². The van der Waals surface area contributed by atoms with E-state index in [4.69, 9.17) is 23.2 Å². The van der Waals surface area contributed by atoms with E-state index >= 15 is 0 Å². The van der Waals surface area contributed by atoms with E-state index in [-0.39, 0.29) is 17.5 Å². The molecule has 1 heterocycles. The zero-order chi connectivity index (χ0) is 23.9. The van der Waals surface area contributed by atoms with Crippen LogP contribution in [-0.4, -0.2) is 41.9 Å². The minimum atomic E-state index is -0.293. The largest absolute Gasteiger partial charge is 0.360 e. The number of hydrogen-bond acceptors (Lipinski definition) is 4. The number of halogens is 2. The smallest absolute Gasteiger partial charge is 0.266 e. The Morgan fingerprint density at radius 2 is 1.41 bits per heavy atom. The molecule has 1 aliphatic rings. The van der Waals surface area contributed by atoms with E-state index in [9.17, 15) is 10.1 Å². The maximum atomic E-state index is 13.0. The van der Waals surface area contributed by atoms with Crippen LogP contribution in [0.25, 0.3) is 0 Å². The third-order valence-electron chi connectivity index (χ3n) is 5.79. The molecule has 1 fully saturated rings. The van der Waals surface area contributed by atoms with Crippen molar-refractivity contribution in [3.8, 4) is 6.07 Å². The Hall–Kier alpha value is -3.30. The lowest BCUT2D eigenvalue weighted by Gasteiger charge is -2.39. The average molecular weight is 491 g/mol. The number of anilines is 1. The molecule has 34 heavy (non-hydrogen) atoms. The highest BCUT2D eigenvalue weighted by molar-refractivity contribution is 6.35. The Morgan fingerprint density at radius 3 is 1.91 bits per heavy atom. The van der Waals surface area contributed by atoms with Crippen LogP contribution in [0.1, 0.15) is 17.2 Å². The first-order chi connectivity index (χ1) is 16.5. The fourth-order valence-electron chi connectivity index (χ4n) is 4.17. The van der Waals surface area contributed by atoms with Gasteiger partial charge in [-0.15, -0.1) is 0 Å². The molecule has 0 bridgehead atoms. The van der Waals surface area contributed by atoms with Crippen molar-refractivity contribution in [1.29, 1.82) is 5.26 Å². The Morgan fingerprint density at radius 1 is 0.882 bits per heavy atom. The van der Waals surface area contributed by atoms with E-state index in [0.717, 1.165) is 0 Å². The van der Waals surface area contributed by atoms with Gasteiger partial charge in [0.25, 0.3) is 5.91 Å².